The predicted octanol–water partition coefficient (Wildman–Crippen LogP) is 3.40. The molecule has 0 fully saturated rings. The molecule has 0 aliphatic heterocycles. The number of benzene rings is 1. The van der Waals surface area contributed by atoms with Crippen LogP contribution in [0.25, 0.3) is 0 Å². The van der Waals surface area contributed by atoms with Crippen molar-refractivity contribution < 1.29 is 9.90 Å². The molecule has 0 bridgehead atoms. The Bertz CT molecular complexity index is 565. The number of carboxylic acid groups (broad SMARTS) is 1. The Morgan fingerprint density at radius 3 is 2.50 bits per heavy atom. The van der Waals surface area contributed by atoms with E-state index in [2.05, 4.69) is 24.4 Å². The molecule has 2 unspecified atom stereocenters. The number of carboxylic acids is 1. The minimum absolute atomic E-state index is 0.106. The second-order valence-electron chi connectivity index (χ2n) is 4.97. The van der Waals surface area contributed by atoms with E-state index < -0.39 is 12.0 Å². The summed E-state index contributed by atoms with van der Waals surface area (Å²) in [6, 6.07) is 12.9. The molecule has 1 aromatic heterocycles. The number of hydrogen-bond acceptors (Lipinski definition) is 3. The third-order valence-corrected chi connectivity index (χ3v) is 4.16. The fourth-order valence-corrected chi connectivity index (χ4v) is 3.21. The lowest BCUT2D eigenvalue weighted by atomic mass is 10.1. The molecular formula is C16H19NO2S. The van der Waals surface area contributed by atoms with Gasteiger partial charge in [-0.1, -0.05) is 30.3 Å². The molecule has 0 saturated carbocycles. The molecule has 0 spiro atoms. The molecule has 4 heteroatoms. The quantitative estimate of drug-likeness (QED) is 0.857. The Morgan fingerprint density at radius 2 is 1.95 bits per heavy atom. The van der Waals surface area contributed by atoms with Crippen molar-refractivity contribution in [3.05, 3.63) is 57.8 Å². The number of carbonyl (C=O) groups is 1. The molecule has 106 valence electrons. The van der Waals surface area contributed by atoms with E-state index in [4.69, 9.17) is 0 Å². The predicted molar refractivity (Wildman–Crippen MR) is 82.2 cm³/mol. The van der Waals surface area contributed by atoms with Crippen molar-refractivity contribution in [2.45, 2.75) is 32.4 Å². The second kappa shape index (κ2) is 6.68. The van der Waals surface area contributed by atoms with Crippen LogP contribution in [0.3, 0.4) is 0 Å². The highest BCUT2D eigenvalue weighted by Gasteiger charge is 2.21. The monoisotopic (exact) mass is 289 g/mol. The lowest BCUT2D eigenvalue weighted by molar-refractivity contribution is -0.139. The van der Waals surface area contributed by atoms with Crippen LogP contribution < -0.4 is 5.32 Å². The summed E-state index contributed by atoms with van der Waals surface area (Å²) in [5.74, 6) is -0.842. The Morgan fingerprint density at radius 1 is 1.25 bits per heavy atom. The zero-order valence-corrected chi connectivity index (χ0v) is 12.5. The zero-order chi connectivity index (χ0) is 14.5. The van der Waals surface area contributed by atoms with Gasteiger partial charge in [-0.15, -0.1) is 11.3 Å². The highest BCUT2D eigenvalue weighted by molar-refractivity contribution is 7.11. The molecule has 2 aromatic rings. The van der Waals surface area contributed by atoms with Gasteiger partial charge in [-0.2, -0.15) is 0 Å². The summed E-state index contributed by atoms with van der Waals surface area (Å²) >= 11 is 1.76. The highest BCUT2D eigenvalue weighted by Crippen LogP contribution is 2.19. The topological polar surface area (TPSA) is 49.3 Å². The number of aryl methyl sites for hydroxylation is 1. The van der Waals surface area contributed by atoms with Gasteiger partial charge in [0.1, 0.15) is 6.04 Å². The van der Waals surface area contributed by atoms with Gasteiger partial charge in [0.25, 0.3) is 0 Å². The van der Waals surface area contributed by atoms with E-state index >= 15 is 0 Å². The van der Waals surface area contributed by atoms with Crippen LogP contribution >= 0.6 is 11.3 Å². The number of thiophene rings is 1. The lowest BCUT2D eigenvalue weighted by Crippen LogP contribution is -2.36. The van der Waals surface area contributed by atoms with Gasteiger partial charge >= 0.3 is 5.97 Å². The Labute approximate surface area is 123 Å². The molecule has 20 heavy (non-hydrogen) atoms. The molecule has 3 nitrogen and oxygen atoms in total. The average Bonchev–Trinajstić information content (AvgIpc) is 2.82. The van der Waals surface area contributed by atoms with E-state index in [1.807, 2.05) is 37.3 Å². The van der Waals surface area contributed by atoms with Crippen molar-refractivity contribution in [2.24, 2.45) is 0 Å². The number of rotatable bonds is 6. The third kappa shape index (κ3) is 3.92. The third-order valence-electron chi connectivity index (χ3n) is 3.13. The molecule has 2 N–H and O–H groups in total. The zero-order valence-electron chi connectivity index (χ0n) is 11.7. The lowest BCUT2D eigenvalue weighted by Gasteiger charge is -2.20. The average molecular weight is 289 g/mol. The Balaban J connectivity index is 2.03. The van der Waals surface area contributed by atoms with E-state index in [0.29, 0.717) is 0 Å². The number of nitrogens with one attached hydrogen (secondary N) is 1. The summed E-state index contributed by atoms with van der Waals surface area (Å²) in [6.45, 7) is 4.10. The smallest absolute Gasteiger partial charge is 0.325 e. The van der Waals surface area contributed by atoms with E-state index in [0.717, 1.165) is 12.0 Å². The van der Waals surface area contributed by atoms with E-state index in [1.165, 1.54) is 9.75 Å². The van der Waals surface area contributed by atoms with Crippen molar-refractivity contribution >= 4 is 17.3 Å². The van der Waals surface area contributed by atoms with Gasteiger partial charge in [-0.3, -0.25) is 10.1 Å². The van der Waals surface area contributed by atoms with E-state index in [9.17, 15) is 9.90 Å². The first-order chi connectivity index (χ1) is 9.56. The Kier molecular flexibility index (Phi) is 4.93. The molecule has 0 amide bonds. The van der Waals surface area contributed by atoms with Crippen molar-refractivity contribution in [1.82, 2.24) is 5.32 Å². The van der Waals surface area contributed by atoms with Crippen LogP contribution in [0.15, 0.2) is 42.5 Å². The minimum Gasteiger partial charge on any atom is -0.480 e. The highest BCUT2D eigenvalue weighted by atomic mass is 32.1. The van der Waals surface area contributed by atoms with Crippen molar-refractivity contribution in [1.29, 1.82) is 0 Å². The molecule has 0 aliphatic carbocycles. The first kappa shape index (κ1) is 14.8. The summed E-state index contributed by atoms with van der Waals surface area (Å²) in [6.07, 6.45) is 0.842. The number of hydrogen-bond donors (Lipinski definition) is 2. The first-order valence-corrected chi connectivity index (χ1v) is 7.47. The van der Waals surface area contributed by atoms with Crippen molar-refractivity contribution in [3.8, 4) is 0 Å². The van der Waals surface area contributed by atoms with Crippen LogP contribution in [0.5, 0.6) is 0 Å². The molecule has 1 heterocycles. The van der Waals surface area contributed by atoms with Gasteiger partial charge < -0.3 is 5.11 Å². The van der Waals surface area contributed by atoms with Crippen LogP contribution in [-0.2, 0) is 11.2 Å². The minimum atomic E-state index is -0.842. The van der Waals surface area contributed by atoms with Crippen molar-refractivity contribution in [2.75, 3.05) is 0 Å². The van der Waals surface area contributed by atoms with Gasteiger partial charge in [0.15, 0.2) is 0 Å². The van der Waals surface area contributed by atoms with Crippen molar-refractivity contribution in [3.63, 3.8) is 0 Å². The standard InChI is InChI=1S/C16H19NO2S/c1-11(10-14-9-8-12(2)20-14)17-15(16(18)19)13-6-4-3-5-7-13/h3-9,11,15,17H,10H2,1-2H3,(H,18,19). The molecule has 0 saturated heterocycles. The van der Waals surface area contributed by atoms with Gasteiger partial charge in [-0.05, 0) is 38.0 Å². The molecule has 2 rings (SSSR count). The molecular weight excluding hydrogens is 270 g/mol. The van der Waals surface area contributed by atoms with Gasteiger partial charge in [0.2, 0.25) is 0 Å². The summed E-state index contributed by atoms with van der Waals surface area (Å²) in [7, 11) is 0. The maximum atomic E-state index is 11.4. The summed E-state index contributed by atoms with van der Waals surface area (Å²) in [4.78, 5) is 14.0. The molecule has 0 radical (unpaired) electrons. The van der Waals surface area contributed by atoms with E-state index in [-0.39, 0.29) is 6.04 Å². The SMILES string of the molecule is Cc1ccc(CC(C)NC(C(=O)O)c2ccccc2)s1. The molecule has 2 atom stereocenters. The maximum Gasteiger partial charge on any atom is 0.325 e. The normalized spacial score (nSPS) is 13.9. The van der Waals surface area contributed by atoms with Crippen LogP contribution in [0.1, 0.15) is 28.3 Å². The Hall–Kier alpha value is -1.65. The van der Waals surface area contributed by atoms with Crippen LogP contribution in [0.4, 0.5) is 0 Å². The summed E-state index contributed by atoms with van der Waals surface area (Å²) < 4.78 is 0. The first-order valence-electron chi connectivity index (χ1n) is 6.65. The van der Waals surface area contributed by atoms with Crippen LogP contribution in [-0.4, -0.2) is 17.1 Å². The molecule has 1 aromatic carbocycles. The largest absolute Gasteiger partial charge is 0.480 e. The van der Waals surface area contributed by atoms with E-state index in [1.54, 1.807) is 11.3 Å². The number of aliphatic carboxylic acids is 1. The van der Waals surface area contributed by atoms with Crippen LogP contribution in [0, 0.1) is 6.92 Å². The fourth-order valence-electron chi connectivity index (χ4n) is 2.20. The fraction of sp³-hybridized carbons (Fsp3) is 0.312. The maximum absolute atomic E-state index is 11.4. The second-order valence-corrected chi connectivity index (χ2v) is 6.34. The van der Waals surface area contributed by atoms with Gasteiger partial charge in [0.05, 0.1) is 0 Å². The van der Waals surface area contributed by atoms with Gasteiger partial charge in [0, 0.05) is 15.8 Å². The van der Waals surface area contributed by atoms with Crippen LogP contribution in [0.2, 0.25) is 0 Å². The summed E-state index contributed by atoms with van der Waals surface area (Å²) in [5.41, 5.74) is 0.786. The molecule has 0 aliphatic rings. The summed E-state index contributed by atoms with van der Waals surface area (Å²) in [5, 5.41) is 12.6. The van der Waals surface area contributed by atoms with Gasteiger partial charge in [-0.25, -0.2) is 0 Å².